The van der Waals surface area contributed by atoms with Crippen molar-refractivity contribution in [2.24, 2.45) is 5.10 Å². The second kappa shape index (κ2) is 4.34. The summed E-state index contributed by atoms with van der Waals surface area (Å²) >= 11 is 1.56. The molecule has 0 aromatic carbocycles. The molecule has 0 saturated carbocycles. The van der Waals surface area contributed by atoms with Crippen molar-refractivity contribution in [2.45, 2.75) is 19.4 Å². The number of amides is 1. The molecule has 1 aliphatic rings. The number of aromatic nitrogens is 3. The second-order valence-electron chi connectivity index (χ2n) is 3.97. The summed E-state index contributed by atoms with van der Waals surface area (Å²) in [5, 5.41) is 8.49. The van der Waals surface area contributed by atoms with Gasteiger partial charge < -0.3 is 0 Å². The first-order chi connectivity index (χ1) is 8.75. The first kappa shape index (κ1) is 11.1. The highest BCUT2D eigenvalue weighted by Gasteiger charge is 2.31. The van der Waals surface area contributed by atoms with E-state index in [0.29, 0.717) is 6.42 Å². The quantitative estimate of drug-likeness (QED) is 0.789. The summed E-state index contributed by atoms with van der Waals surface area (Å²) in [6.45, 7) is 1.94. The molecule has 3 heterocycles. The van der Waals surface area contributed by atoms with Crippen LogP contribution in [0.3, 0.4) is 0 Å². The SMILES string of the molecule is Cc1csc(C2CC=NN2C(=O)n2ccnc2)n1. The van der Waals surface area contributed by atoms with Crippen LogP contribution in [-0.4, -0.2) is 31.8 Å². The number of thiazole rings is 1. The summed E-state index contributed by atoms with van der Waals surface area (Å²) in [5.74, 6) is 0. The maximum absolute atomic E-state index is 12.2. The molecule has 0 bridgehead atoms. The van der Waals surface area contributed by atoms with Gasteiger partial charge in [-0.1, -0.05) is 0 Å². The molecule has 0 fully saturated rings. The average molecular weight is 261 g/mol. The molecular formula is C11H11N5OS. The Morgan fingerprint density at radius 1 is 1.56 bits per heavy atom. The maximum atomic E-state index is 12.2. The molecule has 2 aromatic heterocycles. The molecule has 0 radical (unpaired) electrons. The van der Waals surface area contributed by atoms with Gasteiger partial charge in [-0.05, 0) is 6.92 Å². The highest BCUT2D eigenvalue weighted by atomic mass is 32.1. The van der Waals surface area contributed by atoms with Crippen LogP contribution in [0.1, 0.15) is 23.2 Å². The van der Waals surface area contributed by atoms with Crippen molar-refractivity contribution in [1.29, 1.82) is 0 Å². The minimum Gasteiger partial charge on any atom is -0.257 e. The van der Waals surface area contributed by atoms with E-state index < -0.39 is 0 Å². The Balaban J connectivity index is 1.87. The molecule has 1 aliphatic heterocycles. The summed E-state index contributed by atoms with van der Waals surface area (Å²) in [7, 11) is 0. The van der Waals surface area contributed by atoms with Crippen LogP contribution in [0, 0.1) is 6.92 Å². The van der Waals surface area contributed by atoms with E-state index in [-0.39, 0.29) is 12.1 Å². The third-order valence-corrected chi connectivity index (χ3v) is 3.74. The number of imidazole rings is 1. The van der Waals surface area contributed by atoms with Crippen molar-refractivity contribution < 1.29 is 4.79 Å². The van der Waals surface area contributed by atoms with Crippen LogP contribution >= 0.6 is 11.3 Å². The third-order valence-electron chi connectivity index (χ3n) is 2.67. The molecule has 1 atom stereocenters. The van der Waals surface area contributed by atoms with Gasteiger partial charge in [0.05, 0.1) is 0 Å². The molecule has 1 amide bonds. The Hall–Kier alpha value is -2.02. The Bertz CT molecular complexity index is 588. The number of nitrogens with zero attached hydrogens (tertiary/aromatic N) is 5. The zero-order valence-electron chi connectivity index (χ0n) is 9.72. The molecule has 0 aliphatic carbocycles. The van der Waals surface area contributed by atoms with Crippen LogP contribution in [0.2, 0.25) is 0 Å². The summed E-state index contributed by atoms with van der Waals surface area (Å²) < 4.78 is 1.41. The zero-order valence-corrected chi connectivity index (χ0v) is 10.5. The van der Waals surface area contributed by atoms with Crippen LogP contribution in [0.25, 0.3) is 0 Å². The lowest BCUT2D eigenvalue weighted by Gasteiger charge is -2.19. The van der Waals surface area contributed by atoms with Crippen LogP contribution in [-0.2, 0) is 0 Å². The molecule has 3 rings (SSSR count). The van der Waals surface area contributed by atoms with E-state index in [2.05, 4.69) is 15.1 Å². The smallest absolute Gasteiger partial charge is 0.257 e. The van der Waals surface area contributed by atoms with Gasteiger partial charge in [0.2, 0.25) is 0 Å². The van der Waals surface area contributed by atoms with Crippen LogP contribution in [0.15, 0.2) is 29.2 Å². The molecule has 0 N–H and O–H groups in total. The standard InChI is InChI=1S/C11H11N5OS/c1-8-6-18-10(14-8)9-2-3-13-16(9)11(17)15-5-4-12-7-15/h3-7,9H,2H2,1H3. The fourth-order valence-corrected chi connectivity index (χ4v) is 2.71. The second-order valence-corrected chi connectivity index (χ2v) is 4.86. The average Bonchev–Trinajstić information content (AvgIpc) is 3.09. The summed E-state index contributed by atoms with van der Waals surface area (Å²) in [6.07, 6.45) is 7.10. The lowest BCUT2D eigenvalue weighted by Crippen LogP contribution is -2.30. The van der Waals surface area contributed by atoms with Gasteiger partial charge in [0.25, 0.3) is 0 Å². The third kappa shape index (κ3) is 1.82. The zero-order chi connectivity index (χ0) is 12.5. The van der Waals surface area contributed by atoms with Gasteiger partial charge in [0.1, 0.15) is 17.4 Å². The van der Waals surface area contributed by atoms with Crippen molar-refractivity contribution in [3.05, 3.63) is 34.8 Å². The summed E-state index contributed by atoms with van der Waals surface area (Å²) in [4.78, 5) is 20.5. The van der Waals surface area contributed by atoms with Crippen LogP contribution in [0.5, 0.6) is 0 Å². The molecule has 2 aromatic rings. The van der Waals surface area contributed by atoms with E-state index in [4.69, 9.17) is 0 Å². The molecule has 0 spiro atoms. The first-order valence-electron chi connectivity index (χ1n) is 5.51. The summed E-state index contributed by atoms with van der Waals surface area (Å²) in [5.41, 5.74) is 0.969. The van der Waals surface area contributed by atoms with Crippen LogP contribution < -0.4 is 0 Å². The van der Waals surface area contributed by atoms with Gasteiger partial charge in [-0.2, -0.15) is 5.10 Å². The fraction of sp³-hybridized carbons (Fsp3) is 0.273. The summed E-state index contributed by atoms with van der Waals surface area (Å²) in [6, 6.07) is -0.308. The topological polar surface area (TPSA) is 63.4 Å². The van der Waals surface area contributed by atoms with Crippen molar-refractivity contribution in [3.8, 4) is 0 Å². The Morgan fingerprint density at radius 3 is 3.11 bits per heavy atom. The predicted molar refractivity (Wildman–Crippen MR) is 67.6 cm³/mol. The predicted octanol–water partition coefficient (Wildman–Crippen LogP) is 2.05. The van der Waals surface area contributed by atoms with Gasteiger partial charge in [0, 0.05) is 36.1 Å². The minimum atomic E-state index is -0.209. The number of carbonyl (C=O) groups is 1. The number of hydrogen-bond acceptors (Lipinski definition) is 5. The van der Waals surface area contributed by atoms with E-state index in [0.717, 1.165) is 10.7 Å². The van der Waals surface area contributed by atoms with Gasteiger partial charge in [-0.25, -0.2) is 19.8 Å². The van der Waals surface area contributed by atoms with E-state index >= 15 is 0 Å². The van der Waals surface area contributed by atoms with E-state index in [1.807, 2.05) is 12.3 Å². The highest BCUT2D eigenvalue weighted by Crippen LogP contribution is 2.30. The fourth-order valence-electron chi connectivity index (χ4n) is 1.82. The van der Waals surface area contributed by atoms with Gasteiger partial charge in [0.15, 0.2) is 0 Å². The molecule has 18 heavy (non-hydrogen) atoms. The maximum Gasteiger partial charge on any atom is 0.350 e. The molecule has 0 saturated heterocycles. The van der Waals surface area contributed by atoms with E-state index in [1.54, 1.807) is 29.9 Å². The Labute approximate surface area is 108 Å². The van der Waals surface area contributed by atoms with Crippen molar-refractivity contribution in [1.82, 2.24) is 19.5 Å². The molecule has 1 unspecified atom stereocenters. The monoisotopic (exact) mass is 261 g/mol. The molecule has 92 valence electrons. The van der Waals surface area contributed by atoms with E-state index in [1.165, 1.54) is 15.9 Å². The Morgan fingerprint density at radius 2 is 2.44 bits per heavy atom. The lowest BCUT2D eigenvalue weighted by atomic mass is 10.2. The molecular weight excluding hydrogens is 250 g/mol. The number of hydrazone groups is 1. The van der Waals surface area contributed by atoms with E-state index in [9.17, 15) is 4.79 Å². The normalized spacial score (nSPS) is 18.5. The largest absolute Gasteiger partial charge is 0.350 e. The minimum absolute atomic E-state index is 0.0985. The number of rotatable bonds is 1. The number of carbonyl (C=O) groups excluding carboxylic acids is 1. The van der Waals surface area contributed by atoms with Crippen molar-refractivity contribution >= 4 is 23.6 Å². The van der Waals surface area contributed by atoms with Crippen molar-refractivity contribution in [2.75, 3.05) is 0 Å². The van der Waals surface area contributed by atoms with Crippen molar-refractivity contribution in [3.63, 3.8) is 0 Å². The molecule has 6 nitrogen and oxygen atoms in total. The van der Waals surface area contributed by atoms with Gasteiger partial charge in [-0.15, -0.1) is 11.3 Å². The Kier molecular flexibility index (Phi) is 2.67. The number of aryl methyl sites for hydroxylation is 1. The molecule has 7 heteroatoms. The van der Waals surface area contributed by atoms with Gasteiger partial charge in [-0.3, -0.25) is 4.57 Å². The first-order valence-corrected chi connectivity index (χ1v) is 6.39. The lowest BCUT2D eigenvalue weighted by molar-refractivity contribution is 0.187. The highest BCUT2D eigenvalue weighted by molar-refractivity contribution is 7.09. The van der Waals surface area contributed by atoms with Crippen LogP contribution in [0.4, 0.5) is 4.79 Å². The number of hydrogen-bond donors (Lipinski definition) is 0. The van der Waals surface area contributed by atoms with Gasteiger partial charge >= 0.3 is 6.03 Å².